The van der Waals surface area contributed by atoms with E-state index in [0.29, 0.717) is 5.03 Å². The number of halogens is 3. The summed E-state index contributed by atoms with van der Waals surface area (Å²) in [6.07, 6.45) is 0.158. The van der Waals surface area contributed by atoms with Crippen molar-refractivity contribution in [3.63, 3.8) is 0 Å². The van der Waals surface area contributed by atoms with Crippen LogP contribution < -0.4 is 0 Å². The maximum absolute atomic E-state index is 12.9. The van der Waals surface area contributed by atoms with E-state index < -0.39 is 11.6 Å². The SMILES string of the molecule is C=C(Cl)Cc1cc(F)ccc1F. The van der Waals surface area contributed by atoms with E-state index in [2.05, 4.69) is 6.58 Å². The molecule has 0 aliphatic carbocycles. The van der Waals surface area contributed by atoms with Gasteiger partial charge in [-0.3, -0.25) is 0 Å². The molecule has 0 aliphatic rings. The molecule has 0 nitrogen and oxygen atoms in total. The molecule has 1 aromatic rings. The molecule has 0 aromatic heterocycles. The molecule has 0 bridgehead atoms. The molecule has 0 aliphatic heterocycles. The zero-order valence-corrected chi connectivity index (χ0v) is 7.04. The van der Waals surface area contributed by atoms with Gasteiger partial charge in [0.25, 0.3) is 0 Å². The monoisotopic (exact) mass is 188 g/mol. The van der Waals surface area contributed by atoms with E-state index in [1.165, 1.54) is 0 Å². The third-order valence-corrected chi connectivity index (χ3v) is 1.52. The highest BCUT2D eigenvalue weighted by Crippen LogP contribution is 2.14. The summed E-state index contributed by atoms with van der Waals surface area (Å²) in [5.74, 6) is -0.928. The van der Waals surface area contributed by atoms with E-state index in [0.717, 1.165) is 18.2 Å². The number of rotatable bonds is 2. The predicted molar refractivity (Wildman–Crippen MR) is 45.1 cm³/mol. The van der Waals surface area contributed by atoms with Crippen LogP contribution in [0.1, 0.15) is 5.56 Å². The van der Waals surface area contributed by atoms with Crippen LogP contribution in [-0.4, -0.2) is 0 Å². The lowest BCUT2D eigenvalue weighted by Crippen LogP contribution is -1.91. The molecule has 0 radical (unpaired) electrons. The highest BCUT2D eigenvalue weighted by Gasteiger charge is 2.03. The molecular weight excluding hydrogens is 182 g/mol. The summed E-state index contributed by atoms with van der Waals surface area (Å²) in [4.78, 5) is 0. The number of hydrogen-bond acceptors (Lipinski definition) is 0. The average Bonchev–Trinajstić information content (AvgIpc) is 1.96. The average molecular weight is 189 g/mol. The van der Waals surface area contributed by atoms with Crippen molar-refractivity contribution in [1.29, 1.82) is 0 Å². The molecule has 0 atom stereocenters. The molecule has 0 saturated carbocycles. The Hall–Kier alpha value is -0.890. The smallest absolute Gasteiger partial charge is 0.126 e. The fraction of sp³-hybridized carbons (Fsp3) is 0.111. The Bertz CT molecular complexity index is 307. The molecular formula is C9H7ClF2. The third kappa shape index (κ3) is 2.31. The van der Waals surface area contributed by atoms with Crippen molar-refractivity contribution in [3.8, 4) is 0 Å². The first-order chi connectivity index (χ1) is 5.59. The summed E-state index contributed by atoms with van der Waals surface area (Å²) in [5, 5.41) is 0.291. The van der Waals surface area contributed by atoms with Gasteiger partial charge in [-0.25, -0.2) is 8.78 Å². The highest BCUT2D eigenvalue weighted by molar-refractivity contribution is 6.29. The Labute approximate surface area is 74.5 Å². The second kappa shape index (κ2) is 3.68. The maximum Gasteiger partial charge on any atom is 0.126 e. The lowest BCUT2D eigenvalue weighted by atomic mass is 10.1. The topological polar surface area (TPSA) is 0 Å². The Morgan fingerprint density at radius 2 is 2.08 bits per heavy atom. The van der Waals surface area contributed by atoms with Crippen molar-refractivity contribution in [2.45, 2.75) is 6.42 Å². The normalized spacial score (nSPS) is 9.92. The summed E-state index contributed by atoms with van der Waals surface area (Å²) in [6.45, 7) is 3.40. The van der Waals surface area contributed by atoms with Gasteiger partial charge >= 0.3 is 0 Å². The van der Waals surface area contributed by atoms with Gasteiger partial charge < -0.3 is 0 Å². The molecule has 0 unspecified atom stereocenters. The van der Waals surface area contributed by atoms with Crippen LogP contribution in [-0.2, 0) is 6.42 Å². The molecule has 0 amide bonds. The second-order valence-electron chi connectivity index (χ2n) is 2.43. The van der Waals surface area contributed by atoms with Crippen molar-refractivity contribution in [2.75, 3.05) is 0 Å². The molecule has 1 aromatic carbocycles. The zero-order chi connectivity index (χ0) is 9.14. The fourth-order valence-electron chi connectivity index (χ4n) is 0.885. The molecule has 64 valence electrons. The van der Waals surface area contributed by atoms with Crippen molar-refractivity contribution in [2.24, 2.45) is 0 Å². The first-order valence-corrected chi connectivity index (χ1v) is 3.74. The molecule has 3 heteroatoms. The van der Waals surface area contributed by atoms with Crippen molar-refractivity contribution in [1.82, 2.24) is 0 Å². The summed E-state index contributed by atoms with van der Waals surface area (Å²) in [6, 6.07) is 3.25. The first kappa shape index (κ1) is 9.20. The maximum atomic E-state index is 12.9. The molecule has 0 saturated heterocycles. The van der Waals surface area contributed by atoms with Gasteiger partial charge in [-0.05, 0) is 23.8 Å². The molecule has 0 fully saturated rings. The molecule has 0 heterocycles. The van der Waals surface area contributed by atoms with Gasteiger partial charge in [-0.15, -0.1) is 0 Å². The van der Waals surface area contributed by atoms with E-state index in [-0.39, 0.29) is 12.0 Å². The standard InChI is InChI=1S/C9H7ClF2/c1-6(10)4-7-5-8(11)2-3-9(7)12/h2-3,5H,1,4H2. The summed E-state index contributed by atoms with van der Waals surface area (Å²) < 4.78 is 25.4. The van der Waals surface area contributed by atoms with Gasteiger partial charge in [0.15, 0.2) is 0 Å². The number of hydrogen-bond donors (Lipinski definition) is 0. The van der Waals surface area contributed by atoms with Crippen LogP contribution in [0.25, 0.3) is 0 Å². The molecule has 12 heavy (non-hydrogen) atoms. The minimum absolute atomic E-state index is 0.158. The van der Waals surface area contributed by atoms with Crippen molar-refractivity contribution >= 4 is 11.6 Å². The van der Waals surface area contributed by atoms with Crippen LogP contribution in [0.15, 0.2) is 29.8 Å². The highest BCUT2D eigenvalue weighted by atomic mass is 35.5. The first-order valence-electron chi connectivity index (χ1n) is 3.37. The minimum Gasteiger partial charge on any atom is -0.207 e. The summed E-state index contributed by atoms with van der Waals surface area (Å²) in [5.41, 5.74) is 0.231. The van der Waals surface area contributed by atoms with Gasteiger partial charge in [0.05, 0.1) is 0 Å². The molecule has 1 rings (SSSR count). The van der Waals surface area contributed by atoms with Crippen LogP contribution in [0.5, 0.6) is 0 Å². The van der Waals surface area contributed by atoms with Gasteiger partial charge in [-0.1, -0.05) is 18.2 Å². The second-order valence-corrected chi connectivity index (χ2v) is 2.96. The van der Waals surface area contributed by atoms with E-state index in [1.807, 2.05) is 0 Å². The Morgan fingerprint density at radius 3 is 2.67 bits per heavy atom. The summed E-state index contributed by atoms with van der Waals surface area (Å²) in [7, 11) is 0. The quantitative estimate of drug-likeness (QED) is 0.668. The van der Waals surface area contributed by atoms with Crippen molar-refractivity contribution in [3.05, 3.63) is 47.0 Å². The van der Waals surface area contributed by atoms with E-state index in [9.17, 15) is 8.78 Å². The van der Waals surface area contributed by atoms with Crippen LogP contribution in [0.4, 0.5) is 8.78 Å². The van der Waals surface area contributed by atoms with Crippen LogP contribution in [0, 0.1) is 11.6 Å². The third-order valence-electron chi connectivity index (χ3n) is 1.39. The zero-order valence-electron chi connectivity index (χ0n) is 6.28. The van der Waals surface area contributed by atoms with Gasteiger partial charge in [0, 0.05) is 11.5 Å². The van der Waals surface area contributed by atoms with E-state index >= 15 is 0 Å². The van der Waals surface area contributed by atoms with Crippen LogP contribution in [0.3, 0.4) is 0 Å². The van der Waals surface area contributed by atoms with E-state index in [4.69, 9.17) is 11.6 Å². The summed E-state index contributed by atoms with van der Waals surface area (Å²) >= 11 is 5.45. The van der Waals surface area contributed by atoms with Crippen LogP contribution in [0.2, 0.25) is 0 Å². The van der Waals surface area contributed by atoms with Gasteiger partial charge in [0.2, 0.25) is 0 Å². The Balaban J connectivity index is 2.97. The lowest BCUT2D eigenvalue weighted by molar-refractivity contribution is 0.589. The van der Waals surface area contributed by atoms with Gasteiger partial charge in [-0.2, -0.15) is 0 Å². The predicted octanol–water partition coefficient (Wildman–Crippen LogP) is 3.26. The minimum atomic E-state index is -0.468. The Kier molecular flexibility index (Phi) is 2.82. The van der Waals surface area contributed by atoms with E-state index in [1.54, 1.807) is 0 Å². The largest absolute Gasteiger partial charge is 0.207 e. The van der Waals surface area contributed by atoms with Gasteiger partial charge in [0.1, 0.15) is 11.6 Å². The Morgan fingerprint density at radius 1 is 1.42 bits per heavy atom. The number of benzene rings is 1. The van der Waals surface area contributed by atoms with Crippen LogP contribution >= 0.6 is 11.6 Å². The van der Waals surface area contributed by atoms with Crippen molar-refractivity contribution < 1.29 is 8.78 Å². The number of allylic oxidation sites excluding steroid dienone is 1. The fourth-order valence-corrected chi connectivity index (χ4v) is 1.03. The molecule has 0 N–H and O–H groups in total. The molecule has 0 spiro atoms. The lowest BCUT2D eigenvalue weighted by Gasteiger charge is -2.00.